The summed E-state index contributed by atoms with van der Waals surface area (Å²) in [6, 6.07) is 7.77. The minimum absolute atomic E-state index is 0.449. The maximum Gasteiger partial charge on any atom is 0.412 e. The molecule has 0 spiro atoms. The standard InChI is InChI=1S/C17H25FN2O2/c1-17(2,3)22-16(21)19-15-6-4-13(5-7-15)12-14-8-10-20(18)11-9-14/h4-7,14H,8-12H2,1-3H3,(H,19,21). The van der Waals surface area contributed by atoms with Crippen LogP contribution in [0.1, 0.15) is 39.2 Å². The number of amides is 1. The van der Waals surface area contributed by atoms with Crippen molar-refractivity contribution in [3.63, 3.8) is 0 Å². The van der Waals surface area contributed by atoms with E-state index >= 15 is 0 Å². The lowest BCUT2D eigenvalue weighted by molar-refractivity contribution is -0.00852. The second-order valence-electron chi connectivity index (χ2n) is 6.88. The quantitative estimate of drug-likeness (QED) is 0.852. The molecule has 0 saturated carbocycles. The van der Waals surface area contributed by atoms with Crippen molar-refractivity contribution in [1.29, 1.82) is 0 Å². The molecule has 122 valence electrons. The van der Waals surface area contributed by atoms with Crippen molar-refractivity contribution >= 4 is 11.8 Å². The van der Waals surface area contributed by atoms with Crippen molar-refractivity contribution in [2.75, 3.05) is 18.4 Å². The van der Waals surface area contributed by atoms with Gasteiger partial charge < -0.3 is 4.74 Å². The minimum Gasteiger partial charge on any atom is -0.444 e. The molecule has 5 heteroatoms. The summed E-state index contributed by atoms with van der Waals surface area (Å²) in [5.41, 5.74) is 1.43. The number of halogens is 1. The molecule has 1 heterocycles. The summed E-state index contributed by atoms with van der Waals surface area (Å²) in [6.45, 7) is 6.56. The fourth-order valence-corrected chi connectivity index (χ4v) is 2.58. The van der Waals surface area contributed by atoms with Crippen molar-refractivity contribution in [2.45, 2.75) is 45.6 Å². The van der Waals surface area contributed by atoms with E-state index in [9.17, 15) is 9.28 Å². The molecular formula is C17H25FN2O2. The van der Waals surface area contributed by atoms with Crippen LogP contribution in [0.15, 0.2) is 24.3 Å². The van der Waals surface area contributed by atoms with Gasteiger partial charge in [0.15, 0.2) is 0 Å². The average Bonchev–Trinajstić information content (AvgIpc) is 2.41. The van der Waals surface area contributed by atoms with Crippen LogP contribution < -0.4 is 5.32 Å². The van der Waals surface area contributed by atoms with E-state index in [1.165, 1.54) is 5.56 Å². The average molecular weight is 308 g/mol. The molecule has 0 aromatic heterocycles. The van der Waals surface area contributed by atoms with Gasteiger partial charge in [-0.25, -0.2) is 4.79 Å². The minimum atomic E-state index is -0.505. The molecule has 0 bridgehead atoms. The SMILES string of the molecule is CC(C)(C)OC(=O)Nc1ccc(CC2CCN(F)CC2)cc1. The van der Waals surface area contributed by atoms with Crippen LogP contribution in [-0.4, -0.2) is 29.9 Å². The van der Waals surface area contributed by atoms with E-state index in [1.54, 1.807) is 0 Å². The predicted octanol–water partition coefficient (Wildman–Crippen LogP) is 4.17. The summed E-state index contributed by atoms with van der Waals surface area (Å²) < 4.78 is 18.2. The van der Waals surface area contributed by atoms with E-state index in [-0.39, 0.29) is 0 Å². The molecule has 1 N–H and O–H groups in total. The summed E-state index contributed by atoms with van der Waals surface area (Å²) in [7, 11) is 0. The molecule has 1 aliphatic rings. The number of carbonyl (C=O) groups is 1. The van der Waals surface area contributed by atoms with Gasteiger partial charge in [0, 0.05) is 18.8 Å². The highest BCUT2D eigenvalue weighted by Gasteiger charge is 2.19. The van der Waals surface area contributed by atoms with Gasteiger partial charge in [0.2, 0.25) is 0 Å². The van der Waals surface area contributed by atoms with Crippen molar-refractivity contribution in [3.8, 4) is 0 Å². The monoisotopic (exact) mass is 308 g/mol. The van der Waals surface area contributed by atoms with Gasteiger partial charge in [0.1, 0.15) is 5.60 Å². The molecule has 1 saturated heterocycles. The lowest BCUT2D eigenvalue weighted by atomic mass is 9.91. The highest BCUT2D eigenvalue weighted by atomic mass is 19.2. The van der Waals surface area contributed by atoms with Gasteiger partial charge in [0.05, 0.1) is 0 Å². The Morgan fingerprint density at radius 1 is 1.27 bits per heavy atom. The first-order valence-electron chi connectivity index (χ1n) is 7.81. The van der Waals surface area contributed by atoms with Crippen LogP contribution in [-0.2, 0) is 11.2 Å². The zero-order valence-corrected chi connectivity index (χ0v) is 13.6. The number of hydrogen-bond acceptors (Lipinski definition) is 3. The third-order valence-corrected chi connectivity index (χ3v) is 3.68. The van der Waals surface area contributed by atoms with E-state index in [0.29, 0.717) is 19.0 Å². The fourth-order valence-electron chi connectivity index (χ4n) is 2.58. The zero-order valence-electron chi connectivity index (χ0n) is 13.6. The van der Waals surface area contributed by atoms with E-state index in [1.807, 2.05) is 45.0 Å². The third-order valence-electron chi connectivity index (χ3n) is 3.68. The van der Waals surface area contributed by atoms with E-state index in [4.69, 9.17) is 4.74 Å². The van der Waals surface area contributed by atoms with Gasteiger partial charge in [-0.15, -0.1) is 9.60 Å². The second kappa shape index (κ2) is 7.09. The molecular weight excluding hydrogens is 283 g/mol. The number of rotatable bonds is 3. The van der Waals surface area contributed by atoms with Crippen molar-refractivity contribution in [1.82, 2.24) is 5.12 Å². The maximum absolute atomic E-state index is 13.0. The fraction of sp³-hybridized carbons (Fsp3) is 0.588. The lowest BCUT2D eigenvalue weighted by Gasteiger charge is -2.25. The van der Waals surface area contributed by atoms with Crippen molar-refractivity contribution in [2.24, 2.45) is 5.92 Å². The molecule has 0 atom stereocenters. The van der Waals surface area contributed by atoms with Crippen LogP contribution in [0.4, 0.5) is 15.0 Å². The molecule has 0 aliphatic carbocycles. The van der Waals surface area contributed by atoms with Crippen molar-refractivity contribution < 1.29 is 14.0 Å². The Labute approximate surface area is 131 Å². The zero-order chi connectivity index (χ0) is 16.2. The molecule has 4 nitrogen and oxygen atoms in total. The molecule has 1 aromatic carbocycles. The van der Waals surface area contributed by atoms with Gasteiger partial charge in [0.25, 0.3) is 0 Å². The van der Waals surface area contributed by atoms with Gasteiger partial charge in [-0.3, -0.25) is 5.32 Å². The topological polar surface area (TPSA) is 41.6 Å². The Balaban J connectivity index is 1.84. The Morgan fingerprint density at radius 3 is 2.41 bits per heavy atom. The highest BCUT2D eigenvalue weighted by Crippen LogP contribution is 2.22. The number of piperidine rings is 1. The molecule has 1 aliphatic heterocycles. The Hall–Kier alpha value is -1.62. The Bertz CT molecular complexity index is 488. The summed E-state index contributed by atoms with van der Waals surface area (Å²) in [6.07, 6.45) is 2.30. The molecule has 1 fully saturated rings. The number of anilines is 1. The summed E-state index contributed by atoms with van der Waals surface area (Å²) in [5.74, 6) is 0.539. The molecule has 0 radical (unpaired) electrons. The number of ether oxygens (including phenoxy) is 1. The first-order valence-corrected chi connectivity index (χ1v) is 7.81. The van der Waals surface area contributed by atoms with Gasteiger partial charge in [-0.2, -0.15) is 0 Å². The van der Waals surface area contributed by atoms with Gasteiger partial charge in [-0.05, 0) is 63.6 Å². The molecule has 1 aromatic rings. The largest absolute Gasteiger partial charge is 0.444 e. The van der Waals surface area contributed by atoms with Crippen LogP contribution in [0.5, 0.6) is 0 Å². The van der Waals surface area contributed by atoms with Gasteiger partial charge in [-0.1, -0.05) is 12.1 Å². The Kier molecular flexibility index (Phi) is 5.40. The summed E-state index contributed by atoms with van der Waals surface area (Å²) in [4.78, 5) is 11.7. The molecule has 0 unspecified atom stereocenters. The summed E-state index contributed by atoms with van der Waals surface area (Å²) in [5, 5.41) is 3.61. The van der Waals surface area contributed by atoms with E-state index < -0.39 is 11.7 Å². The normalized spacial score (nSPS) is 17.3. The lowest BCUT2D eigenvalue weighted by Crippen LogP contribution is -2.28. The van der Waals surface area contributed by atoms with Crippen molar-refractivity contribution in [3.05, 3.63) is 29.8 Å². The number of nitrogens with one attached hydrogen (secondary N) is 1. The first kappa shape index (κ1) is 16.7. The Morgan fingerprint density at radius 2 is 1.86 bits per heavy atom. The third kappa shape index (κ3) is 5.64. The predicted molar refractivity (Wildman–Crippen MR) is 85.4 cm³/mol. The number of carbonyl (C=O) groups excluding carboxylic acids is 1. The van der Waals surface area contributed by atoms with E-state index in [2.05, 4.69) is 5.32 Å². The number of hydrogen-bond donors (Lipinski definition) is 1. The van der Waals surface area contributed by atoms with Crippen LogP contribution in [0.25, 0.3) is 0 Å². The number of benzene rings is 1. The molecule has 22 heavy (non-hydrogen) atoms. The van der Waals surface area contributed by atoms with E-state index in [0.717, 1.165) is 30.1 Å². The first-order chi connectivity index (χ1) is 10.3. The van der Waals surface area contributed by atoms with Crippen LogP contribution in [0, 0.1) is 5.92 Å². The number of nitrogens with zero attached hydrogens (tertiary/aromatic N) is 1. The smallest absolute Gasteiger partial charge is 0.412 e. The maximum atomic E-state index is 13.0. The van der Waals surface area contributed by atoms with Crippen LogP contribution >= 0.6 is 0 Å². The second-order valence-corrected chi connectivity index (χ2v) is 6.88. The molecule has 1 amide bonds. The highest BCUT2D eigenvalue weighted by molar-refractivity contribution is 5.84. The van der Waals surface area contributed by atoms with Crippen LogP contribution in [0.2, 0.25) is 0 Å². The van der Waals surface area contributed by atoms with Gasteiger partial charge >= 0.3 is 6.09 Å². The molecule has 2 rings (SSSR count). The summed E-state index contributed by atoms with van der Waals surface area (Å²) >= 11 is 0. The van der Waals surface area contributed by atoms with Crippen LogP contribution in [0.3, 0.4) is 0 Å².